The fourth-order valence-corrected chi connectivity index (χ4v) is 4.59. The van der Waals surface area contributed by atoms with Gasteiger partial charge in [-0.15, -0.1) is 11.3 Å². The number of hydrogen-bond donors (Lipinski definition) is 1. The summed E-state index contributed by atoms with van der Waals surface area (Å²) in [7, 11) is 0. The molecule has 5 aromatic rings. The van der Waals surface area contributed by atoms with Gasteiger partial charge in [-0.2, -0.15) is 15.0 Å². The van der Waals surface area contributed by atoms with Gasteiger partial charge in [0.15, 0.2) is 5.82 Å². The van der Waals surface area contributed by atoms with Gasteiger partial charge >= 0.3 is 0 Å². The minimum absolute atomic E-state index is 0.0712. The fourth-order valence-electron chi connectivity index (χ4n) is 3.88. The first-order valence-corrected chi connectivity index (χ1v) is 11.5. The average molecular weight is 481 g/mol. The van der Waals surface area contributed by atoms with Crippen LogP contribution in [-0.2, 0) is 4.74 Å². The Labute approximate surface area is 196 Å². The van der Waals surface area contributed by atoms with Crippen LogP contribution in [0.3, 0.4) is 0 Å². The summed E-state index contributed by atoms with van der Waals surface area (Å²) in [5.74, 6) is 0.278. The zero-order valence-corrected chi connectivity index (χ0v) is 18.5. The van der Waals surface area contributed by atoms with Crippen molar-refractivity contribution in [3.8, 4) is 5.95 Å². The fraction of sp³-hybridized carbons (Fsp3) is 0.227. The lowest BCUT2D eigenvalue weighted by Gasteiger charge is -2.27. The largest absolute Gasteiger partial charge is 0.378 e. The van der Waals surface area contributed by atoms with Gasteiger partial charge in [0.05, 0.1) is 40.0 Å². The van der Waals surface area contributed by atoms with Gasteiger partial charge in [0, 0.05) is 18.8 Å². The van der Waals surface area contributed by atoms with Gasteiger partial charge in [-0.1, -0.05) is 12.1 Å². The summed E-state index contributed by atoms with van der Waals surface area (Å²) in [6.45, 7) is 2.23. The molecule has 34 heavy (non-hydrogen) atoms. The highest BCUT2D eigenvalue weighted by Crippen LogP contribution is 2.29. The van der Waals surface area contributed by atoms with Crippen molar-refractivity contribution in [2.24, 2.45) is 0 Å². The maximum absolute atomic E-state index is 14.0. The number of alkyl halides is 2. The Hall–Kier alpha value is -3.77. The SMILES string of the molecule is FC(F)c1nc2ccccc2n1-c1nc(Nc2ccc3ncsc3c2)nc(N2CCOCC2)n1. The Morgan fingerprint density at radius 2 is 1.76 bits per heavy atom. The molecule has 0 spiro atoms. The van der Waals surface area contributed by atoms with E-state index in [0.29, 0.717) is 43.3 Å². The molecule has 3 aromatic heterocycles. The molecule has 9 nitrogen and oxygen atoms in total. The van der Waals surface area contributed by atoms with Gasteiger partial charge in [-0.25, -0.2) is 18.7 Å². The van der Waals surface area contributed by atoms with Gasteiger partial charge in [-0.3, -0.25) is 4.57 Å². The highest BCUT2D eigenvalue weighted by atomic mass is 32.1. The van der Waals surface area contributed by atoms with Crippen molar-refractivity contribution in [2.45, 2.75) is 6.43 Å². The molecule has 0 saturated carbocycles. The Balaban J connectivity index is 1.49. The summed E-state index contributed by atoms with van der Waals surface area (Å²) >= 11 is 1.52. The highest BCUT2D eigenvalue weighted by Gasteiger charge is 2.24. The predicted molar refractivity (Wildman–Crippen MR) is 125 cm³/mol. The van der Waals surface area contributed by atoms with Crippen molar-refractivity contribution in [2.75, 3.05) is 36.5 Å². The van der Waals surface area contributed by atoms with Crippen molar-refractivity contribution < 1.29 is 13.5 Å². The van der Waals surface area contributed by atoms with Crippen LogP contribution in [0.5, 0.6) is 0 Å². The first-order valence-electron chi connectivity index (χ1n) is 10.6. The molecular formula is C22H18F2N8OS. The molecule has 0 atom stereocenters. The maximum Gasteiger partial charge on any atom is 0.296 e. The number of hydrogen-bond acceptors (Lipinski definition) is 9. The third-order valence-electron chi connectivity index (χ3n) is 5.48. The van der Waals surface area contributed by atoms with E-state index in [1.807, 2.05) is 23.1 Å². The predicted octanol–water partition coefficient (Wildman–Crippen LogP) is 4.34. The number of thiazole rings is 1. The van der Waals surface area contributed by atoms with Crippen molar-refractivity contribution in [1.82, 2.24) is 29.5 Å². The third-order valence-corrected chi connectivity index (χ3v) is 6.27. The van der Waals surface area contributed by atoms with E-state index in [9.17, 15) is 8.78 Å². The number of ether oxygens (including phenoxy) is 1. The summed E-state index contributed by atoms with van der Waals surface area (Å²) < 4.78 is 35.7. The van der Waals surface area contributed by atoms with Crippen LogP contribution >= 0.6 is 11.3 Å². The van der Waals surface area contributed by atoms with Crippen molar-refractivity contribution in [3.05, 3.63) is 53.8 Å². The number of rotatable bonds is 5. The molecule has 0 aliphatic carbocycles. The Morgan fingerprint density at radius 1 is 0.941 bits per heavy atom. The number of benzene rings is 2. The number of nitrogens with one attached hydrogen (secondary N) is 1. The summed E-state index contributed by atoms with van der Waals surface area (Å²) in [6, 6.07) is 12.6. The third kappa shape index (κ3) is 3.80. The molecule has 172 valence electrons. The Bertz CT molecular complexity index is 1480. The second kappa shape index (κ2) is 8.54. The number of morpholine rings is 1. The van der Waals surface area contributed by atoms with E-state index in [4.69, 9.17) is 4.74 Å². The minimum Gasteiger partial charge on any atom is -0.378 e. The first kappa shape index (κ1) is 20.8. The van der Waals surface area contributed by atoms with Crippen LogP contribution < -0.4 is 10.2 Å². The molecule has 12 heteroatoms. The normalized spacial score (nSPS) is 14.4. The van der Waals surface area contributed by atoms with Crippen LogP contribution in [-0.4, -0.2) is 55.8 Å². The van der Waals surface area contributed by atoms with Crippen LogP contribution in [0, 0.1) is 0 Å². The molecule has 0 radical (unpaired) electrons. The van der Waals surface area contributed by atoms with Crippen molar-refractivity contribution in [1.29, 1.82) is 0 Å². The summed E-state index contributed by atoms with van der Waals surface area (Å²) in [4.78, 5) is 24.0. The van der Waals surface area contributed by atoms with Crippen LogP contribution in [0.1, 0.15) is 12.2 Å². The van der Waals surface area contributed by atoms with E-state index in [2.05, 4.69) is 30.2 Å². The quantitative estimate of drug-likeness (QED) is 0.397. The van der Waals surface area contributed by atoms with E-state index < -0.39 is 12.2 Å². The number of halogens is 2. The summed E-state index contributed by atoms with van der Waals surface area (Å²) in [5, 5.41) is 3.20. The Morgan fingerprint density at radius 3 is 2.62 bits per heavy atom. The topological polar surface area (TPSA) is 93.9 Å². The second-order valence-electron chi connectivity index (χ2n) is 7.61. The lowest BCUT2D eigenvalue weighted by Crippen LogP contribution is -2.37. The van der Waals surface area contributed by atoms with Gasteiger partial charge in [0.1, 0.15) is 0 Å². The number of nitrogens with zero attached hydrogens (tertiary/aromatic N) is 7. The molecule has 1 N–H and O–H groups in total. The molecule has 6 rings (SSSR count). The Kier molecular flexibility index (Phi) is 5.23. The van der Waals surface area contributed by atoms with Crippen LogP contribution in [0.4, 0.5) is 26.4 Å². The van der Waals surface area contributed by atoms with Gasteiger partial charge in [-0.05, 0) is 30.3 Å². The molecule has 1 aliphatic rings. The lowest BCUT2D eigenvalue weighted by molar-refractivity contribution is 0.122. The molecular weight excluding hydrogens is 462 g/mol. The second-order valence-corrected chi connectivity index (χ2v) is 8.50. The van der Waals surface area contributed by atoms with E-state index in [1.165, 1.54) is 15.9 Å². The smallest absolute Gasteiger partial charge is 0.296 e. The molecule has 0 amide bonds. The van der Waals surface area contributed by atoms with Gasteiger partial charge < -0.3 is 15.0 Å². The zero-order chi connectivity index (χ0) is 23.1. The molecule has 1 fully saturated rings. The van der Waals surface area contributed by atoms with E-state index in [0.717, 1.165) is 15.9 Å². The van der Waals surface area contributed by atoms with Gasteiger partial charge in [0.2, 0.25) is 17.8 Å². The number of anilines is 3. The van der Waals surface area contributed by atoms with Crippen LogP contribution in [0.15, 0.2) is 48.0 Å². The van der Waals surface area contributed by atoms with Crippen LogP contribution in [0.2, 0.25) is 0 Å². The number of para-hydroxylation sites is 2. The molecule has 1 saturated heterocycles. The first-order chi connectivity index (χ1) is 16.7. The summed E-state index contributed by atoms with van der Waals surface area (Å²) in [6.07, 6.45) is -2.80. The van der Waals surface area contributed by atoms with Gasteiger partial charge in [0.25, 0.3) is 6.43 Å². The lowest BCUT2D eigenvalue weighted by atomic mass is 10.3. The highest BCUT2D eigenvalue weighted by molar-refractivity contribution is 7.16. The summed E-state index contributed by atoms with van der Waals surface area (Å²) in [5.41, 5.74) is 4.37. The zero-order valence-electron chi connectivity index (χ0n) is 17.7. The molecule has 0 unspecified atom stereocenters. The van der Waals surface area contributed by atoms with E-state index in [-0.39, 0.29) is 11.9 Å². The molecule has 0 bridgehead atoms. The van der Waals surface area contributed by atoms with Crippen LogP contribution in [0.25, 0.3) is 27.2 Å². The number of aromatic nitrogens is 6. The standard InChI is InChI=1S/C22H18F2N8OS/c23-18(24)19-27-14-3-1-2-4-16(14)32(19)22-29-20(28-21(30-22)31-7-9-33-10-8-31)26-13-5-6-15-17(11-13)34-12-25-15/h1-6,11-12,18H,7-10H2,(H,26,28,29,30). The number of imidazole rings is 1. The molecule has 2 aromatic carbocycles. The van der Waals surface area contributed by atoms with Crippen molar-refractivity contribution in [3.63, 3.8) is 0 Å². The average Bonchev–Trinajstić information content (AvgIpc) is 3.49. The maximum atomic E-state index is 14.0. The molecule has 4 heterocycles. The molecule has 1 aliphatic heterocycles. The van der Waals surface area contributed by atoms with Crippen molar-refractivity contribution >= 4 is 50.2 Å². The number of fused-ring (bicyclic) bond motifs is 2. The monoisotopic (exact) mass is 480 g/mol. The van der Waals surface area contributed by atoms with E-state index in [1.54, 1.807) is 29.8 Å². The minimum atomic E-state index is -2.80. The van der Waals surface area contributed by atoms with E-state index >= 15 is 0 Å².